The molecule has 0 heterocycles. The maximum absolute atomic E-state index is 8.62. The molecule has 0 saturated carbocycles. The van der Waals surface area contributed by atoms with Crippen LogP contribution in [0.25, 0.3) is 0 Å². The average Bonchev–Trinajstić information content (AvgIpc) is 2.22. The number of hydrogen-bond donors (Lipinski definition) is 0. The molecule has 13 heavy (non-hydrogen) atoms. The van der Waals surface area contributed by atoms with Crippen LogP contribution in [0.4, 0.5) is 5.69 Å². The lowest BCUT2D eigenvalue weighted by molar-refractivity contribution is 1.44. The average molecular weight is 174 g/mol. The summed E-state index contributed by atoms with van der Waals surface area (Å²) in [5, 5.41) is 8.62. The number of hydrogen-bond acceptors (Lipinski definition) is 2. The molecule has 1 aromatic rings. The van der Waals surface area contributed by atoms with Crippen LogP contribution in [0.15, 0.2) is 29.3 Å². The third-order valence-corrected chi connectivity index (χ3v) is 1.29. The summed E-state index contributed by atoms with van der Waals surface area (Å²) in [7, 11) is 0. The first-order chi connectivity index (χ1) is 6.38. The molecule has 0 aliphatic rings. The largest absolute Gasteiger partial charge is 0.260 e. The zero-order valence-electron chi connectivity index (χ0n) is 8.28. The van der Waals surface area contributed by atoms with Crippen LogP contribution in [0.5, 0.6) is 0 Å². The zero-order chi connectivity index (χ0) is 10.1. The molecule has 0 saturated heterocycles. The van der Waals surface area contributed by atoms with Gasteiger partial charge in [-0.05, 0) is 19.1 Å². The smallest absolute Gasteiger partial charge is 0.101 e. The van der Waals surface area contributed by atoms with E-state index in [0.717, 1.165) is 5.69 Å². The molecule has 2 nitrogen and oxygen atoms in total. The van der Waals surface area contributed by atoms with Crippen molar-refractivity contribution in [3.05, 3.63) is 29.8 Å². The molecule has 0 amide bonds. The highest BCUT2D eigenvalue weighted by atomic mass is 14.7. The van der Waals surface area contributed by atoms with Crippen molar-refractivity contribution in [1.29, 1.82) is 5.26 Å². The topological polar surface area (TPSA) is 36.1 Å². The molecule has 0 radical (unpaired) electrons. The summed E-state index contributed by atoms with van der Waals surface area (Å²) >= 11 is 0. The van der Waals surface area contributed by atoms with E-state index in [4.69, 9.17) is 5.26 Å². The van der Waals surface area contributed by atoms with Gasteiger partial charge in [0.25, 0.3) is 0 Å². The Morgan fingerprint density at radius 3 is 2.46 bits per heavy atom. The van der Waals surface area contributed by atoms with Crippen molar-refractivity contribution in [1.82, 2.24) is 0 Å². The minimum Gasteiger partial charge on any atom is -0.260 e. The van der Waals surface area contributed by atoms with Gasteiger partial charge in [0.2, 0.25) is 0 Å². The molecule has 2 heteroatoms. The van der Waals surface area contributed by atoms with Gasteiger partial charge < -0.3 is 0 Å². The van der Waals surface area contributed by atoms with Gasteiger partial charge in [0.1, 0.15) is 6.07 Å². The second-order valence-electron chi connectivity index (χ2n) is 2.02. The Kier molecular flexibility index (Phi) is 6.17. The van der Waals surface area contributed by atoms with Gasteiger partial charge in [-0.1, -0.05) is 26.0 Å². The quantitative estimate of drug-likeness (QED) is 0.602. The molecule has 0 aliphatic carbocycles. The van der Waals surface area contributed by atoms with E-state index in [1.807, 2.05) is 39.0 Å². The summed E-state index contributed by atoms with van der Waals surface area (Å²) in [4.78, 5) is 4.03. The Hall–Kier alpha value is -1.62. The molecule has 1 rings (SSSR count). The molecule has 0 aliphatic heterocycles. The zero-order valence-corrected chi connectivity index (χ0v) is 8.28. The highest BCUT2D eigenvalue weighted by molar-refractivity contribution is 5.64. The molecule has 0 atom stereocenters. The summed E-state index contributed by atoms with van der Waals surface area (Å²) in [5.41, 5.74) is 1.35. The van der Waals surface area contributed by atoms with Crippen molar-refractivity contribution < 1.29 is 0 Å². The number of rotatable bonds is 1. The second-order valence-corrected chi connectivity index (χ2v) is 2.02. The van der Waals surface area contributed by atoms with E-state index in [2.05, 4.69) is 11.1 Å². The standard InChI is InChI=1S/C9H8N2.C2H6/c1-2-11-9-6-4-3-5-8(9)7-10;1-2/h2-6H,1H3;1-2H3. The second kappa shape index (κ2) is 7.05. The highest BCUT2D eigenvalue weighted by Crippen LogP contribution is 2.16. The van der Waals surface area contributed by atoms with E-state index in [1.54, 1.807) is 12.3 Å². The van der Waals surface area contributed by atoms with Gasteiger partial charge in [-0.2, -0.15) is 5.26 Å². The predicted octanol–water partition coefficient (Wildman–Crippen LogP) is 3.31. The first kappa shape index (κ1) is 11.4. The van der Waals surface area contributed by atoms with Crippen molar-refractivity contribution in [2.24, 2.45) is 4.99 Å². The molecule has 0 N–H and O–H groups in total. The fraction of sp³-hybridized carbons (Fsp3) is 0.273. The van der Waals surface area contributed by atoms with Crippen LogP contribution in [0.3, 0.4) is 0 Å². The lowest BCUT2D eigenvalue weighted by Crippen LogP contribution is -1.73. The summed E-state index contributed by atoms with van der Waals surface area (Å²) in [6.45, 7) is 5.83. The van der Waals surface area contributed by atoms with Crippen molar-refractivity contribution in [3.63, 3.8) is 0 Å². The van der Waals surface area contributed by atoms with Crippen molar-refractivity contribution in [3.8, 4) is 6.07 Å². The Morgan fingerprint density at radius 2 is 1.92 bits per heavy atom. The Bertz CT molecular complexity index is 308. The molecule has 0 spiro atoms. The molecule has 0 bridgehead atoms. The summed E-state index contributed by atoms with van der Waals surface area (Å²) in [5.74, 6) is 0. The number of nitriles is 1. The Balaban J connectivity index is 0.000000671. The first-order valence-corrected chi connectivity index (χ1v) is 4.36. The highest BCUT2D eigenvalue weighted by Gasteiger charge is 1.94. The maximum Gasteiger partial charge on any atom is 0.101 e. The first-order valence-electron chi connectivity index (χ1n) is 4.36. The van der Waals surface area contributed by atoms with Crippen LogP contribution in [0.2, 0.25) is 0 Å². The Morgan fingerprint density at radius 1 is 1.31 bits per heavy atom. The molecular formula is C11H14N2. The third-order valence-electron chi connectivity index (χ3n) is 1.29. The Labute approximate surface area is 79.5 Å². The van der Waals surface area contributed by atoms with Crippen molar-refractivity contribution in [2.75, 3.05) is 0 Å². The van der Waals surface area contributed by atoms with E-state index >= 15 is 0 Å². The summed E-state index contributed by atoms with van der Waals surface area (Å²) in [6, 6.07) is 9.33. The van der Waals surface area contributed by atoms with Crippen molar-refractivity contribution in [2.45, 2.75) is 20.8 Å². The van der Waals surface area contributed by atoms with Crippen molar-refractivity contribution >= 4 is 11.9 Å². The minimum absolute atomic E-state index is 0.616. The van der Waals surface area contributed by atoms with E-state index in [9.17, 15) is 0 Å². The third kappa shape index (κ3) is 3.53. The number of aliphatic imine (C=N–C) groups is 1. The fourth-order valence-corrected chi connectivity index (χ4v) is 0.820. The summed E-state index contributed by atoms with van der Waals surface area (Å²) < 4.78 is 0. The fourth-order valence-electron chi connectivity index (χ4n) is 0.820. The molecule has 0 aromatic heterocycles. The van der Waals surface area contributed by atoms with Gasteiger partial charge in [0.05, 0.1) is 11.3 Å². The number of para-hydroxylation sites is 1. The van der Waals surface area contributed by atoms with E-state index < -0.39 is 0 Å². The van der Waals surface area contributed by atoms with E-state index in [1.165, 1.54) is 0 Å². The van der Waals surface area contributed by atoms with Crippen LogP contribution in [0, 0.1) is 11.3 Å². The van der Waals surface area contributed by atoms with Crippen LogP contribution in [0.1, 0.15) is 26.3 Å². The van der Waals surface area contributed by atoms with Crippen LogP contribution < -0.4 is 0 Å². The van der Waals surface area contributed by atoms with Crippen LogP contribution in [-0.2, 0) is 0 Å². The van der Waals surface area contributed by atoms with Gasteiger partial charge in [0, 0.05) is 6.21 Å². The minimum atomic E-state index is 0.616. The normalized spacial score (nSPS) is 8.77. The van der Waals surface area contributed by atoms with E-state index in [0.29, 0.717) is 5.56 Å². The SMILES string of the molecule is CC.CC=Nc1ccccc1C#N. The van der Waals surface area contributed by atoms with Gasteiger partial charge in [-0.3, -0.25) is 4.99 Å². The molecule has 0 fully saturated rings. The number of nitrogens with zero attached hydrogens (tertiary/aromatic N) is 2. The van der Waals surface area contributed by atoms with Crippen LogP contribution in [-0.4, -0.2) is 6.21 Å². The molecule has 1 aromatic carbocycles. The molecular weight excluding hydrogens is 160 g/mol. The monoisotopic (exact) mass is 174 g/mol. The lowest BCUT2D eigenvalue weighted by Gasteiger charge is -1.93. The van der Waals surface area contributed by atoms with Gasteiger partial charge in [-0.15, -0.1) is 0 Å². The molecule has 68 valence electrons. The van der Waals surface area contributed by atoms with Gasteiger partial charge in [-0.25, -0.2) is 0 Å². The van der Waals surface area contributed by atoms with Crippen LogP contribution >= 0.6 is 0 Å². The summed E-state index contributed by atoms with van der Waals surface area (Å²) in [6.07, 6.45) is 1.68. The van der Waals surface area contributed by atoms with Gasteiger partial charge >= 0.3 is 0 Å². The lowest BCUT2D eigenvalue weighted by atomic mass is 10.2. The molecule has 0 unspecified atom stereocenters. The number of benzene rings is 1. The van der Waals surface area contributed by atoms with E-state index in [-0.39, 0.29) is 0 Å². The predicted molar refractivity (Wildman–Crippen MR) is 56.3 cm³/mol. The van der Waals surface area contributed by atoms with Gasteiger partial charge in [0.15, 0.2) is 0 Å². The maximum atomic E-state index is 8.62.